The fraction of sp³-hybridized carbons (Fsp3) is 0.923. The first kappa shape index (κ1) is 12.1. The molecule has 0 bridgehead atoms. The number of carbonyl (C=O) groups excluding carboxylic acids is 1. The molecule has 0 aromatic heterocycles. The summed E-state index contributed by atoms with van der Waals surface area (Å²) in [7, 11) is 0. The highest BCUT2D eigenvalue weighted by atomic mass is 16.5. The third-order valence-electron chi connectivity index (χ3n) is 3.91. The Morgan fingerprint density at radius 2 is 2.38 bits per heavy atom. The first-order valence-electron chi connectivity index (χ1n) is 6.61. The standard InChI is InChI=1S/C13H23NO2/c1-3-5-10(2)13(15)12-8-14-7-4-6-11(14)9-16-12/h10-12H,3-9H2,1-2H3. The van der Waals surface area contributed by atoms with Crippen molar-refractivity contribution < 1.29 is 9.53 Å². The lowest BCUT2D eigenvalue weighted by Crippen LogP contribution is -2.50. The zero-order valence-corrected chi connectivity index (χ0v) is 10.4. The molecular weight excluding hydrogens is 202 g/mol. The van der Waals surface area contributed by atoms with Gasteiger partial charge >= 0.3 is 0 Å². The van der Waals surface area contributed by atoms with E-state index >= 15 is 0 Å². The van der Waals surface area contributed by atoms with Crippen LogP contribution >= 0.6 is 0 Å². The molecule has 0 aromatic rings. The maximum atomic E-state index is 12.1. The smallest absolute Gasteiger partial charge is 0.165 e. The van der Waals surface area contributed by atoms with Crippen LogP contribution in [0.1, 0.15) is 39.5 Å². The topological polar surface area (TPSA) is 29.5 Å². The van der Waals surface area contributed by atoms with Crippen LogP contribution < -0.4 is 0 Å². The van der Waals surface area contributed by atoms with Gasteiger partial charge in [-0.15, -0.1) is 0 Å². The number of hydrogen-bond donors (Lipinski definition) is 0. The molecule has 2 aliphatic rings. The zero-order chi connectivity index (χ0) is 11.5. The number of ether oxygens (including phenoxy) is 1. The van der Waals surface area contributed by atoms with E-state index in [1.807, 2.05) is 6.92 Å². The fourth-order valence-corrected chi connectivity index (χ4v) is 2.88. The van der Waals surface area contributed by atoms with Crippen molar-refractivity contribution in [1.82, 2.24) is 4.90 Å². The summed E-state index contributed by atoms with van der Waals surface area (Å²) < 4.78 is 5.73. The lowest BCUT2D eigenvalue weighted by molar-refractivity contribution is -0.142. The van der Waals surface area contributed by atoms with Crippen LogP contribution in [0.25, 0.3) is 0 Å². The Morgan fingerprint density at radius 1 is 1.56 bits per heavy atom. The van der Waals surface area contributed by atoms with E-state index in [1.165, 1.54) is 12.8 Å². The zero-order valence-electron chi connectivity index (χ0n) is 10.4. The predicted molar refractivity (Wildman–Crippen MR) is 63.4 cm³/mol. The van der Waals surface area contributed by atoms with E-state index in [0.717, 1.165) is 32.5 Å². The van der Waals surface area contributed by atoms with E-state index in [2.05, 4.69) is 11.8 Å². The number of hydrogen-bond acceptors (Lipinski definition) is 3. The van der Waals surface area contributed by atoms with Gasteiger partial charge in [0.25, 0.3) is 0 Å². The van der Waals surface area contributed by atoms with Crippen molar-refractivity contribution in [3.05, 3.63) is 0 Å². The molecule has 0 saturated carbocycles. The summed E-state index contributed by atoms with van der Waals surface area (Å²) in [5.74, 6) is 0.473. The minimum absolute atomic E-state index is 0.157. The van der Waals surface area contributed by atoms with Crippen LogP contribution in [0.4, 0.5) is 0 Å². The van der Waals surface area contributed by atoms with Crippen molar-refractivity contribution in [2.45, 2.75) is 51.7 Å². The Bertz CT molecular complexity index is 254. The molecule has 3 unspecified atom stereocenters. The monoisotopic (exact) mass is 225 g/mol. The summed E-state index contributed by atoms with van der Waals surface area (Å²) in [5, 5.41) is 0. The summed E-state index contributed by atoms with van der Waals surface area (Å²) in [6.07, 6.45) is 4.41. The van der Waals surface area contributed by atoms with Gasteiger partial charge in [-0.1, -0.05) is 20.3 Å². The van der Waals surface area contributed by atoms with Crippen LogP contribution in [0, 0.1) is 5.92 Å². The maximum Gasteiger partial charge on any atom is 0.165 e. The molecule has 2 aliphatic heterocycles. The average Bonchev–Trinajstić information content (AvgIpc) is 2.75. The summed E-state index contributed by atoms with van der Waals surface area (Å²) in [5.41, 5.74) is 0. The first-order valence-corrected chi connectivity index (χ1v) is 6.61. The molecule has 3 heteroatoms. The van der Waals surface area contributed by atoms with Crippen LogP contribution in [0.3, 0.4) is 0 Å². The Balaban J connectivity index is 1.88. The van der Waals surface area contributed by atoms with Gasteiger partial charge in [0.15, 0.2) is 5.78 Å². The van der Waals surface area contributed by atoms with Crippen LogP contribution in [0.15, 0.2) is 0 Å². The molecule has 3 atom stereocenters. The summed E-state index contributed by atoms with van der Waals surface area (Å²) >= 11 is 0. The van der Waals surface area contributed by atoms with Gasteiger partial charge in [0.05, 0.1) is 6.61 Å². The normalized spacial score (nSPS) is 32.4. The second kappa shape index (κ2) is 5.28. The van der Waals surface area contributed by atoms with Crippen molar-refractivity contribution in [1.29, 1.82) is 0 Å². The highest BCUT2D eigenvalue weighted by Crippen LogP contribution is 2.24. The summed E-state index contributed by atoms with van der Waals surface area (Å²) in [4.78, 5) is 14.6. The molecule has 92 valence electrons. The largest absolute Gasteiger partial charge is 0.367 e. The highest BCUT2D eigenvalue weighted by Gasteiger charge is 2.36. The van der Waals surface area contributed by atoms with E-state index in [0.29, 0.717) is 11.8 Å². The van der Waals surface area contributed by atoms with Crippen molar-refractivity contribution in [3.63, 3.8) is 0 Å². The molecule has 2 heterocycles. The van der Waals surface area contributed by atoms with E-state index < -0.39 is 0 Å². The Hall–Kier alpha value is -0.410. The number of ketones is 1. The molecule has 0 N–H and O–H groups in total. The number of nitrogens with zero attached hydrogens (tertiary/aromatic N) is 1. The summed E-state index contributed by atoms with van der Waals surface area (Å²) in [6, 6.07) is 0.588. The van der Waals surface area contributed by atoms with E-state index in [4.69, 9.17) is 4.74 Å². The average molecular weight is 225 g/mol. The van der Waals surface area contributed by atoms with Gasteiger partial charge in [-0.05, 0) is 25.8 Å². The van der Waals surface area contributed by atoms with E-state index in [9.17, 15) is 4.79 Å². The molecule has 0 aromatic carbocycles. The van der Waals surface area contributed by atoms with Crippen molar-refractivity contribution in [3.8, 4) is 0 Å². The molecule has 16 heavy (non-hydrogen) atoms. The van der Waals surface area contributed by atoms with Crippen LogP contribution in [0.5, 0.6) is 0 Å². The van der Waals surface area contributed by atoms with Crippen molar-refractivity contribution in [2.75, 3.05) is 19.7 Å². The third-order valence-corrected chi connectivity index (χ3v) is 3.91. The van der Waals surface area contributed by atoms with Gasteiger partial charge in [-0.2, -0.15) is 0 Å². The highest BCUT2D eigenvalue weighted by molar-refractivity contribution is 5.85. The molecule has 2 saturated heterocycles. The minimum Gasteiger partial charge on any atom is -0.367 e. The molecule has 0 amide bonds. The number of Topliss-reactive ketones (excluding diaryl/α,β-unsaturated/α-hetero) is 1. The van der Waals surface area contributed by atoms with Gasteiger partial charge < -0.3 is 4.74 Å². The van der Waals surface area contributed by atoms with Crippen molar-refractivity contribution in [2.24, 2.45) is 5.92 Å². The molecule has 2 fully saturated rings. The number of rotatable bonds is 4. The minimum atomic E-state index is -0.157. The van der Waals surface area contributed by atoms with Gasteiger partial charge in [0.2, 0.25) is 0 Å². The lowest BCUT2D eigenvalue weighted by atomic mass is 9.96. The Morgan fingerprint density at radius 3 is 3.12 bits per heavy atom. The summed E-state index contributed by atoms with van der Waals surface area (Å²) in [6.45, 7) is 6.90. The molecule has 2 rings (SSSR count). The second-order valence-corrected chi connectivity index (χ2v) is 5.21. The molecule has 0 aliphatic carbocycles. The second-order valence-electron chi connectivity index (χ2n) is 5.21. The number of carbonyl (C=O) groups is 1. The first-order chi connectivity index (χ1) is 7.72. The van der Waals surface area contributed by atoms with Gasteiger partial charge in [0.1, 0.15) is 6.10 Å². The number of morpholine rings is 1. The van der Waals surface area contributed by atoms with Crippen LogP contribution in [0.2, 0.25) is 0 Å². The predicted octanol–water partition coefficient (Wildman–Crippen LogP) is 1.85. The molecule has 3 nitrogen and oxygen atoms in total. The van der Waals surface area contributed by atoms with Gasteiger partial charge in [0, 0.05) is 18.5 Å². The van der Waals surface area contributed by atoms with E-state index in [-0.39, 0.29) is 12.0 Å². The van der Waals surface area contributed by atoms with Gasteiger partial charge in [-0.25, -0.2) is 0 Å². The van der Waals surface area contributed by atoms with Crippen molar-refractivity contribution >= 4 is 5.78 Å². The lowest BCUT2D eigenvalue weighted by Gasteiger charge is -2.35. The Labute approximate surface area is 98.1 Å². The molecule has 0 spiro atoms. The van der Waals surface area contributed by atoms with Crippen LogP contribution in [-0.4, -0.2) is 42.5 Å². The quantitative estimate of drug-likeness (QED) is 0.731. The SMILES string of the molecule is CCCC(C)C(=O)C1CN2CCCC2CO1. The van der Waals surface area contributed by atoms with Crippen LogP contribution in [-0.2, 0) is 9.53 Å². The molecular formula is C13H23NO2. The van der Waals surface area contributed by atoms with Gasteiger partial charge in [-0.3, -0.25) is 9.69 Å². The third kappa shape index (κ3) is 2.46. The number of fused-ring (bicyclic) bond motifs is 1. The maximum absolute atomic E-state index is 12.1. The Kier molecular flexibility index (Phi) is 3.98. The molecule has 0 radical (unpaired) electrons. The van der Waals surface area contributed by atoms with E-state index in [1.54, 1.807) is 0 Å². The fourth-order valence-electron chi connectivity index (χ4n) is 2.88.